The van der Waals surface area contributed by atoms with E-state index in [0.29, 0.717) is 12.6 Å². The quantitative estimate of drug-likeness (QED) is 0.878. The second-order valence-electron chi connectivity index (χ2n) is 4.69. The third-order valence-corrected chi connectivity index (χ3v) is 2.87. The molecular weight excluding hydrogens is 274 g/mol. The summed E-state index contributed by atoms with van der Waals surface area (Å²) in [5.74, 6) is 1.96. The summed E-state index contributed by atoms with van der Waals surface area (Å²) in [5, 5.41) is 7.70. The smallest absolute Gasteiger partial charge is 0.124 e. The molecule has 4 nitrogen and oxygen atoms in total. The highest BCUT2D eigenvalue weighted by atomic mass is 35.5. The Morgan fingerprint density at radius 3 is 2.50 bits per heavy atom. The molecule has 5 heteroatoms. The molecule has 1 aromatic carbocycles. The molecule has 2 aromatic rings. The van der Waals surface area contributed by atoms with Crippen LogP contribution >= 0.6 is 12.4 Å². The Kier molecular flexibility index (Phi) is 6.39. The molecule has 1 aromatic heterocycles. The van der Waals surface area contributed by atoms with E-state index < -0.39 is 0 Å². The fourth-order valence-electron chi connectivity index (χ4n) is 1.93. The summed E-state index contributed by atoms with van der Waals surface area (Å²) < 4.78 is 7.41. The van der Waals surface area contributed by atoms with Crippen molar-refractivity contribution in [2.24, 2.45) is 0 Å². The average Bonchev–Trinajstić information content (AvgIpc) is 2.87. The Morgan fingerprint density at radius 1 is 1.20 bits per heavy atom. The van der Waals surface area contributed by atoms with Crippen LogP contribution in [0.4, 0.5) is 5.82 Å². The van der Waals surface area contributed by atoms with Gasteiger partial charge in [0.2, 0.25) is 0 Å². The van der Waals surface area contributed by atoms with E-state index in [0.717, 1.165) is 18.1 Å². The molecule has 0 unspecified atom stereocenters. The van der Waals surface area contributed by atoms with Gasteiger partial charge in [0.1, 0.15) is 11.6 Å². The Balaban J connectivity index is 0.00000200. The van der Waals surface area contributed by atoms with E-state index in [2.05, 4.69) is 36.4 Å². The van der Waals surface area contributed by atoms with Gasteiger partial charge in [0.25, 0.3) is 0 Å². The summed E-state index contributed by atoms with van der Waals surface area (Å²) in [5.41, 5.74) is 1.22. The normalized spacial score (nSPS) is 10.2. The first-order chi connectivity index (χ1) is 9.20. The van der Waals surface area contributed by atoms with Gasteiger partial charge < -0.3 is 10.1 Å². The van der Waals surface area contributed by atoms with Crippen LogP contribution in [-0.2, 0) is 6.54 Å². The molecule has 0 aliphatic heterocycles. The lowest BCUT2D eigenvalue weighted by molar-refractivity contribution is 0.340. The Hall–Kier alpha value is -1.68. The number of nitrogens with one attached hydrogen (secondary N) is 1. The molecule has 1 N–H and O–H groups in total. The molecule has 0 aliphatic rings. The monoisotopic (exact) mass is 295 g/mol. The molecule has 0 saturated carbocycles. The van der Waals surface area contributed by atoms with E-state index in [-0.39, 0.29) is 12.4 Å². The van der Waals surface area contributed by atoms with Crippen LogP contribution in [0.3, 0.4) is 0 Å². The summed E-state index contributed by atoms with van der Waals surface area (Å²) in [6, 6.07) is 10.5. The minimum atomic E-state index is 0. The number of nitrogens with zero attached hydrogens (tertiary/aromatic N) is 2. The lowest BCUT2D eigenvalue weighted by Gasteiger charge is -2.12. The molecule has 0 bridgehead atoms. The number of rotatable bonds is 6. The van der Waals surface area contributed by atoms with E-state index in [9.17, 15) is 0 Å². The first kappa shape index (κ1) is 16.4. The maximum absolute atomic E-state index is 5.43. The first-order valence-corrected chi connectivity index (χ1v) is 6.70. The number of ether oxygens (including phenoxy) is 1. The molecular formula is C15H22ClN3O. The third-order valence-electron chi connectivity index (χ3n) is 2.87. The van der Waals surface area contributed by atoms with Gasteiger partial charge in [0.05, 0.1) is 12.8 Å². The summed E-state index contributed by atoms with van der Waals surface area (Å²) in [6.45, 7) is 7.71. The Morgan fingerprint density at radius 2 is 1.90 bits per heavy atom. The van der Waals surface area contributed by atoms with Crippen molar-refractivity contribution in [1.82, 2.24) is 9.78 Å². The summed E-state index contributed by atoms with van der Waals surface area (Å²) in [7, 11) is 0. The predicted octanol–water partition coefficient (Wildman–Crippen LogP) is 3.90. The third kappa shape index (κ3) is 4.17. The number of hydrogen-bond donors (Lipinski definition) is 1. The highest BCUT2D eigenvalue weighted by Gasteiger charge is 2.05. The lowest BCUT2D eigenvalue weighted by atomic mass is 10.2. The second-order valence-corrected chi connectivity index (χ2v) is 4.69. The van der Waals surface area contributed by atoms with Gasteiger partial charge in [0.15, 0.2) is 0 Å². The maximum atomic E-state index is 5.43. The van der Waals surface area contributed by atoms with Gasteiger partial charge >= 0.3 is 0 Å². The van der Waals surface area contributed by atoms with Crippen molar-refractivity contribution >= 4 is 18.2 Å². The second kappa shape index (κ2) is 7.80. The zero-order valence-electron chi connectivity index (χ0n) is 12.2. The number of aromatic nitrogens is 2. The van der Waals surface area contributed by atoms with Crippen LogP contribution in [-0.4, -0.2) is 16.4 Å². The van der Waals surface area contributed by atoms with Crippen molar-refractivity contribution in [3.63, 3.8) is 0 Å². The van der Waals surface area contributed by atoms with E-state index in [1.165, 1.54) is 5.56 Å². The summed E-state index contributed by atoms with van der Waals surface area (Å²) in [6.07, 6.45) is 1.82. The van der Waals surface area contributed by atoms with Crippen LogP contribution in [0.5, 0.6) is 5.75 Å². The van der Waals surface area contributed by atoms with Crippen molar-refractivity contribution < 1.29 is 4.74 Å². The van der Waals surface area contributed by atoms with Gasteiger partial charge in [-0.3, -0.25) is 0 Å². The average molecular weight is 296 g/mol. The molecule has 1 heterocycles. The van der Waals surface area contributed by atoms with Crippen LogP contribution in [0.1, 0.15) is 32.4 Å². The summed E-state index contributed by atoms with van der Waals surface area (Å²) in [4.78, 5) is 0. The Bertz CT molecular complexity index is 508. The minimum absolute atomic E-state index is 0. The van der Waals surface area contributed by atoms with Crippen molar-refractivity contribution in [2.45, 2.75) is 33.4 Å². The fraction of sp³-hybridized carbons (Fsp3) is 0.400. The molecule has 0 spiro atoms. The van der Waals surface area contributed by atoms with Gasteiger partial charge in [-0.15, -0.1) is 12.4 Å². The van der Waals surface area contributed by atoms with Crippen molar-refractivity contribution in [3.05, 3.63) is 42.1 Å². The number of anilines is 1. The molecule has 0 fully saturated rings. The van der Waals surface area contributed by atoms with E-state index in [4.69, 9.17) is 4.74 Å². The Labute approximate surface area is 126 Å². The topological polar surface area (TPSA) is 39.1 Å². The molecule has 0 aliphatic carbocycles. The SMILES string of the molecule is CCOc1ccc(CNc2ccnn2C(C)C)cc1.Cl. The highest BCUT2D eigenvalue weighted by Crippen LogP contribution is 2.16. The fourth-order valence-corrected chi connectivity index (χ4v) is 1.93. The van der Waals surface area contributed by atoms with Crippen LogP contribution in [0.2, 0.25) is 0 Å². The molecule has 0 atom stereocenters. The summed E-state index contributed by atoms with van der Waals surface area (Å²) >= 11 is 0. The van der Waals surface area contributed by atoms with E-state index in [1.807, 2.05) is 36.0 Å². The predicted molar refractivity (Wildman–Crippen MR) is 84.8 cm³/mol. The molecule has 110 valence electrons. The molecule has 0 saturated heterocycles. The van der Waals surface area contributed by atoms with Gasteiger partial charge in [0, 0.05) is 18.7 Å². The largest absolute Gasteiger partial charge is 0.494 e. The zero-order chi connectivity index (χ0) is 13.7. The molecule has 0 radical (unpaired) electrons. The molecule has 20 heavy (non-hydrogen) atoms. The van der Waals surface area contributed by atoms with Gasteiger partial charge in [-0.25, -0.2) is 4.68 Å². The molecule has 2 rings (SSSR count). The van der Waals surface area contributed by atoms with Crippen molar-refractivity contribution in [3.8, 4) is 5.75 Å². The standard InChI is InChI=1S/C15H21N3O.ClH/c1-4-19-14-7-5-13(6-8-14)11-16-15-9-10-17-18(15)12(2)3;/h5-10,12,16H,4,11H2,1-3H3;1H. The van der Waals surface area contributed by atoms with Gasteiger partial charge in [-0.1, -0.05) is 12.1 Å². The zero-order valence-corrected chi connectivity index (χ0v) is 13.0. The van der Waals surface area contributed by atoms with Gasteiger partial charge in [-0.2, -0.15) is 5.10 Å². The minimum Gasteiger partial charge on any atom is -0.494 e. The first-order valence-electron chi connectivity index (χ1n) is 6.70. The van der Waals surface area contributed by atoms with E-state index in [1.54, 1.807) is 0 Å². The number of hydrogen-bond acceptors (Lipinski definition) is 3. The lowest BCUT2D eigenvalue weighted by Crippen LogP contribution is -2.09. The molecule has 0 amide bonds. The van der Waals surface area contributed by atoms with Crippen LogP contribution in [0.25, 0.3) is 0 Å². The van der Waals surface area contributed by atoms with Crippen molar-refractivity contribution in [2.75, 3.05) is 11.9 Å². The van der Waals surface area contributed by atoms with Crippen LogP contribution in [0, 0.1) is 0 Å². The van der Waals surface area contributed by atoms with Crippen LogP contribution in [0.15, 0.2) is 36.5 Å². The maximum Gasteiger partial charge on any atom is 0.124 e. The van der Waals surface area contributed by atoms with E-state index >= 15 is 0 Å². The highest BCUT2D eigenvalue weighted by molar-refractivity contribution is 5.85. The van der Waals surface area contributed by atoms with Crippen molar-refractivity contribution in [1.29, 1.82) is 0 Å². The van der Waals surface area contributed by atoms with Gasteiger partial charge in [-0.05, 0) is 38.5 Å². The number of benzene rings is 1. The van der Waals surface area contributed by atoms with Crippen LogP contribution < -0.4 is 10.1 Å². The number of halogens is 1.